The molecule has 7 nitrogen and oxygen atoms in total. The standard InChI is InChI=1S/C16H22N4O3S/c1-10-12-14(21)18-11(2)19-16(12)24-13(10)15(22)17-4-3-5-20-6-8-23-9-7-20/h3-9H2,1-2H3,(H,17,22)(H,18,19,21). The lowest BCUT2D eigenvalue weighted by molar-refractivity contribution is 0.0374. The van der Waals surface area contributed by atoms with Gasteiger partial charge in [-0.15, -0.1) is 11.3 Å². The molecule has 0 radical (unpaired) electrons. The fraction of sp³-hybridized carbons (Fsp3) is 0.562. The van der Waals surface area contributed by atoms with Crippen LogP contribution >= 0.6 is 11.3 Å². The van der Waals surface area contributed by atoms with Gasteiger partial charge in [-0.3, -0.25) is 14.5 Å². The zero-order chi connectivity index (χ0) is 17.1. The van der Waals surface area contributed by atoms with Crippen LogP contribution in [0.4, 0.5) is 0 Å². The number of thiophene rings is 1. The number of hydrogen-bond acceptors (Lipinski definition) is 6. The van der Waals surface area contributed by atoms with E-state index in [1.54, 1.807) is 13.8 Å². The van der Waals surface area contributed by atoms with E-state index in [0.29, 0.717) is 33.0 Å². The Morgan fingerprint density at radius 2 is 2.12 bits per heavy atom. The van der Waals surface area contributed by atoms with Gasteiger partial charge in [0, 0.05) is 19.6 Å². The monoisotopic (exact) mass is 350 g/mol. The van der Waals surface area contributed by atoms with Crippen molar-refractivity contribution in [2.75, 3.05) is 39.4 Å². The summed E-state index contributed by atoms with van der Waals surface area (Å²) in [5.74, 6) is 0.431. The molecular formula is C16H22N4O3S. The third-order valence-corrected chi connectivity index (χ3v) is 5.35. The zero-order valence-electron chi connectivity index (χ0n) is 14.0. The number of amides is 1. The number of nitrogens with one attached hydrogen (secondary N) is 2. The topological polar surface area (TPSA) is 87.3 Å². The van der Waals surface area contributed by atoms with Gasteiger partial charge >= 0.3 is 0 Å². The normalized spacial score (nSPS) is 15.8. The lowest BCUT2D eigenvalue weighted by Crippen LogP contribution is -2.38. The van der Waals surface area contributed by atoms with Crippen molar-refractivity contribution in [2.24, 2.45) is 0 Å². The lowest BCUT2D eigenvalue weighted by Gasteiger charge is -2.26. The van der Waals surface area contributed by atoms with Crippen LogP contribution in [0.25, 0.3) is 10.2 Å². The molecule has 1 amide bonds. The number of nitrogens with zero attached hydrogens (tertiary/aromatic N) is 2. The fourth-order valence-corrected chi connectivity index (χ4v) is 4.02. The van der Waals surface area contributed by atoms with Gasteiger partial charge in [-0.1, -0.05) is 0 Å². The van der Waals surface area contributed by atoms with E-state index in [0.717, 1.165) is 39.3 Å². The Labute approximate surface area is 144 Å². The molecule has 0 aliphatic carbocycles. The molecule has 2 aromatic rings. The van der Waals surface area contributed by atoms with Crippen molar-refractivity contribution in [1.82, 2.24) is 20.2 Å². The quantitative estimate of drug-likeness (QED) is 0.787. The number of carbonyl (C=O) groups is 1. The zero-order valence-corrected chi connectivity index (χ0v) is 14.8. The van der Waals surface area contributed by atoms with Crippen molar-refractivity contribution < 1.29 is 9.53 Å². The summed E-state index contributed by atoms with van der Waals surface area (Å²) < 4.78 is 5.32. The Kier molecular flexibility index (Phi) is 5.27. The maximum absolute atomic E-state index is 12.4. The first kappa shape index (κ1) is 17.1. The average molecular weight is 350 g/mol. The van der Waals surface area contributed by atoms with E-state index in [4.69, 9.17) is 4.74 Å². The van der Waals surface area contributed by atoms with Gasteiger partial charge in [-0.2, -0.15) is 0 Å². The predicted octanol–water partition coefficient (Wildman–Crippen LogP) is 1.05. The largest absolute Gasteiger partial charge is 0.379 e. The molecule has 1 saturated heterocycles. The average Bonchev–Trinajstić information content (AvgIpc) is 2.89. The van der Waals surface area contributed by atoms with E-state index in [2.05, 4.69) is 20.2 Å². The molecule has 2 aromatic heterocycles. The van der Waals surface area contributed by atoms with Gasteiger partial charge in [0.1, 0.15) is 10.7 Å². The second-order valence-electron chi connectivity index (χ2n) is 5.95. The van der Waals surface area contributed by atoms with E-state index < -0.39 is 0 Å². The van der Waals surface area contributed by atoms with Crippen molar-refractivity contribution in [3.05, 3.63) is 26.6 Å². The minimum atomic E-state index is -0.183. The van der Waals surface area contributed by atoms with E-state index in [-0.39, 0.29) is 11.5 Å². The molecule has 0 spiro atoms. The smallest absolute Gasteiger partial charge is 0.261 e. The Morgan fingerprint density at radius 1 is 1.38 bits per heavy atom. The van der Waals surface area contributed by atoms with Crippen LogP contribution in [-0.2, 0) is 4.74 Å². The van der Waals surface area contributed by atoms with Crippen LogP contribution in [0.1, 0.15) is 27.5 Å². The predicted molar refractivity (Wildman–Crippen MR) is 93.9 cm³/mol. The summed E-state index contributed by atoms with van der Waals surface area (Å²) in [7, 11) is 0. The highest BCUT2D eigenvalue weighted by molar-refractivity contribution is 7.20. The highest BCUT2D eigenvalue weighted by Gasteiger charge is 2.18. The number of rotatable bonds is 5. The summed E-state index contributed by atoms with van der Waals surface area (Å²) in [4.78, 5) is 35.0. The van der Waals surface area contributed by atoms with Crippen molar-refractivity contribution in [2.45, 2.75) is 20.3 Å². The maximum Gasteiger partial charge on any atom is 0.261 e. The Bertz CT molecular complexity index is 792. The van der Waals surface area contributed by atoms with Gasteiger partial charge in [0.15, 0.2) is 0 Å². The van der Waals surface area contributed by atoms with Crippen LogP contribution in [0.2, 0.25) is 0 Å². The van der Waals surface area contributed by atoms with Gasteiger partial charge in [0.2, 0.25) is 0 Å². The van der Waals surface area contributed by atoms with Crippen molar-refractivity contribution in [3.63, 3.8) is 0 Å². The van der Waals surface area contributed by atoms with Crippen LogP contribution in [0, 0.1) is 13.8 Å². The van der Waals surface area contributed by atoms with Crippen LogP contribution in [-0.4, -0.2) is 60.2 Å². The SMILES string of the molecule is Cc1nc2sc(C(=O)NCCCN3CCOCC3)c(C)c2c(=O)[nH]1. The summed E-state index contributed by atoms with van der Waals surface area (Å²) in [6.07, 6.45) is 0.896. The summed E-state index contributed by atoms with van der Waals surface area (Å²) in [6, 6.07) is 0. The number of carbonyl (C=O) groups excluding carboxylic acids is 1. The van der Waals surface area contributed by atoms with Gasteiger partial charge in [-0.05, 0) is 32.4 Å². The molecule has 130 valence electrons. The molecular weight excluding hydrogens is 328 g/mol. The first-order valence-corrected chi connectivity index (χ1v) is 8.96. The maximum atomic E-state index is 12.4. The van der Waals surface area contributed by atoms with Crippen LogP contribution in [0.15, 0.2) is 4.79 Å². The molecule has 3 heterocycles. The number of fused-ring (bicyclic) bond motifs is 1. The first-order chi connectivity index (χ1) is 11.6. The number of H-pyrrole nitrogens is 1. The minimum Gasteiger partial charge on any atom is -0.379 e. The molecule has 0 unspecified atom stereocenters. The highest BCUT2D eigenvalue weighted by atomic mass is 32.1. The lowest BCUT2D eigenvalue weighted by atomic mass is 10.2. The van der Waals surface area contributed by atoms with E-state index in [9.17, 15) is 9.59 Å². The van der Waals surface area contributed by atoms with Crippen LogP contribution < -0.4 is 10.9 Å². The first-order valence-electron chi connectivity index (χ1n) is 8.14. The van der Waals surface area contributed by atoms with Crippen molar-refractivity contribution in [3.8, 4) is 0 Å². The molecule has 1 aliphatic heterocycles. The van der Waals surface area contributed by atoms with E-state index in [1.807, 2.05) is 0 Å². The molecule has 3 rings (SSSR count). The Morgan fingerprint density at radius 3 is 2.88 bits per heavy atom. The Balaban J connectivity index is 1.60. The third-order valence-electron chi connectivity index (χ3n) is 4.17. The van der Waals surface area contributed by atoms with Gasteiger partial charge in [-0.25, -0.2) is 4.98 Å². The number of hydrogen-bond donors (Lipinski definition) is 2. The second kappa shape index (κ2) is 7.42. The molecule has 8 heteroatoms. The number of aryl methyl sites for hydroxylation is 2. The molecule has 1 aliphatic rings. The number of morpholine rings is 1. The van der Waals surface area contributed by atoms with E-state index >= 15 is 0 Å². The minimum absolute atomic E-state index is 0.130. The van der Waals surface area contributed by atoms with Gasteiger partial charge in [0.05, 0.1) is 23.5 Å². The number of aromatic amines is 1. The molecule has 0 saturated carbocycles. The van der Waals surface area contributed by atoms with Crippen molar-refractivity contribution in [1.29, 1.82) is 0 Å². The van der Waals surface area contributed by atoms with Gasteiger partial charge < -0.3 is 15.0 Å². The summed E-state index contributed by atoms with van der Waals surface area (Å²) >= 11 is 1.28. The summed E-state index contributed by atoms with van der Waals surface area (Å²) in [5.41, 5.74) is 0.520. The Hall–Kier alpha value is -1.77. The van der Waals surface area contributed by atoms with Crippen LogP contribution in [0.3, 0.4) is 0 Å². The van der Waals surface area contributed by atoms with E-state index in [1.165, 1.54) is 11.3 Å². The number of ether oxygens (including phenoxy) is 1. The molecule has 0 aromatic carbocycles. The molecule has 24 heavy (non-hydrogen) atoms. The fourth-order valence-electron chi connectivity index (χ4n) is 2.88. The van der Waals surface area contributed by atoms with Gasteiger partial charge in [0.25, 0.3) is 11.5 Å². The highest BCUT2D eigenvalue weighted by Crippen LogP contribution is 2.26. The summed E-state index contributed by atoms with van der Waals surface area (Å²) in [6.45, 7) is 8.59. The molecule has 1 fully saturated rings. The molecule has 0 atom stereocenters. The molecule has 2 N–H and O–H groups in total. The summed E-state index contributed by atoms with van der Waals surface area (Å²) in [5, 5.41) is 3.47. The number of aromatic nitrogens is 2. The molecule has 0 bridgehead atoms. The van der Waals surface area contributed by atoms with Crippen molar-refractivity contribution >= 4 is 27.5 Å². The third kappa shape index (κ3) is 3.66. The van der Waals surface area contributed by atoms with Crippen LogP contribution in [0.5, 0.6) is 0 Å². The second-order valence-corrected chi connectivity index (χ2v) is 6.95.